The van der Waals surface area contributed by atoms with Crippen LogP contribution in [0.2, 0.25) is 4.34 Å². The number of hydrogen-bond donors (Lipinski definition) is 1. The fraction of sp³-hybridized carbons (Fsp3) is 0.714. The number of morpholine rings is 1. The molecule has 1 unspecified atom stereocenters. The predicted octanol–water partition coefficient (Wildman–Crippen LogP) is 2.70. The minimum atomic E-state index is 0.531. The number of nitrogens with one attached hydrogen (secondary N) is 1. The Hall–Kier alpha value is -0.130. The molecule has 1 atom stereocenters. The van der Waals surface area contributed by atoms with E-state index in [0.29, 0.717) is 6.04 Å². The molecule has 0 spiro atoms. The molecule has 0 aromatic carbocycles. The molecule has 0 saturated carbocycles. The Labute approximate surface area is 123 Å². The van der Waals surface area contributed by atoms with Gasteiger partial charge in [-0.2, -0.15) is 0 Å². The van der Waals surface area contributed by atoms with E-state index in [4.69, 9.17) is 16.3 Å². The summed E-state index contributed by atoms with van der Waals surface area (Å²) in [4.78, 5) is 3.97. The van der Waals surface area contributed by atoms with E-state index in [9.17, 15) is 0 Å². The zero-order valence-electron chi connectivity index (χ0n) is 11.2. The third kappa shape index (κ3) is 3.50. The fourth-order valence-corrected chi connectivity index (χ4v) is 4.30. The van der Waals surface area contributed by atoms with Gasteiger partial charge in [-0.3, -0.25) is 4.90 Å². The van der Waals surface area contributed by atoms with Crippen molar-refractivity contribution in [1.29, 1.82) is 0 Å². The number of hydrogen-bond acceptors (Lipinski definition) is 4. The van der Waals surface area contributed by atoms with Crippen molar-refractivity contribution in [2.45, 2.75) is 25.3 Å². The van der Waals surface area contributed by atoms with E-state index >= 15 is 0 Å². The lowest BCUT2D eigenvalue weighted by atomic mass is 10.2. The summed E-state index contributed by atoms with van der Waals surface area (Å²) in [5, 5.41) is 3.68. The molecule has 106 valence electrons. The fourth-order valence-electron chi connectivity index (χ4n) is 2.95. The number of fused-ring (bicyclic) bond motifs is 1. The third-order valence-electron chi connectivity index (χ3n) is 3.99. The number of nitrogens with zero attached hydrogens (tertiary/aromatic N) is 1. The predicted molar refractivity (Wildman–Crippen MR) is 80.3 cm³/mol. The Morgan fingerprint density at radius 1 is 1.42 bits per heavy atom. The van der Waals surface area contributed by atoms with Crippen LogP contribution >= 0.6 is 22.9 Å². The minimum Gasteiger partial charge on any atom is -0.379 e. The summed E-state index contributed by atoms with van der Waals surface area (Å²) in [7, 11) is 0. The Morgan fingerprint density at radius 2 is 2.26 bits per heavy atom. The first kappa shape index (κ1) is 13.8. The van der Waals surface area contributed by atoms with Crippen molar-refractivity contribution >= 4 is 22.9 Å². The van der Waals surface area contributed by atoms with Crippen molar-refractivity contribution in [3.05, 3.63) is 20.8 Å². The third-order valence-corrected chi connectivity index (χ3v) is 5.33. The highest BCUT2D eigenvalue weighted by Crippen LogP contribution is 2.39. The normalized spacial score (nSPS) is 23.7. The molecule has 3 nitrogen and oxygen atoms in total. The first-order valence-corrected chi connectivity index (χ1v) is 8.34. The zero-order chi connectivity index (χ0) is 13.1. The van der Waals surface area contributed by atoms with Crippen molar-refractivity contribution in [1.82, 2.24) is 10.2 Å². The van der Waals surface area contributed by atoms with Gasteiger partial charge in [0.1, 0.15) is 0 Å². The van der Waals surface area contributed by atoms with Gasteiger partial charge in [-0.25, -0.2) is 0 Å². The zero-order valence-corrected chi connectivity index (χ0v) is 12.7. The SMILES string of the molecule is Clc1cc2c(s1)CCC2NCCCN1CCOCC1. The Balaban J connectivity index is 1.38. The summed E-state index contributed by atoms with van der Waals surface area (Å²) < 4.78 is 6.30. The van der Waals surface area contributed by atoms with Crippen molar-refractivity contribution in [3.63, 3.8) is 0 Å². The van der Waals surface area contributed by atoms with Crippen LogP contribution in [-0.4, -0.2) is 44.3 Å². The van der Waals surface area contributed by atoms with Gasteiger partial charge in [0.15, 0.2) is 0 Å². The first-order chi connectivity index (χ1) is 9.33. The summed E-state index contributed by atoms with van der Waals surface area (Å²) in [6.07, 6.45) is 3.63. The van der Waals surface area contributed by atoms with Crippen LogP contribution in [0.15, 0.2) is 6.07 Å². The molecule has 1 saturated heterocycles. The molecule has 1 aromatic rings. The summed E-state index contributed by atoms with van der Waals surface area (Å²) in [5.41, 5.74) is 1.45. The monoisotopic (exact) mass is 300 g/mol. The second-order valence-corrected chi connectivity index (χ2v) is 7.05. The van der Waals surface area contributed by atoms with Crippen molar-refractivity contribution in [2.75, 3.05) is 39.4 Å². The van der Waals surface area contributed by atoms with E-state index in [2.05, 4.69) is 16.3 Å². The van der Waals surface area contributed by atoms with Crippen LogP contribution in [0.5, 0.6) is 0 Å². The highest BCUT2D eigenvalue weighted by molar-refractivity contribution is 7.16. The number of aryl methyl sites for hydroxylation is 1. The van der Waals surface area contributed by atoms with Crippen molar-refractivity contribution in [3.8, 4) is 0 Å². The maximum Gasteiger partial charge on any atom is 0.0934 e. The van der Waals surface area contributed by atoms with E-state index < -0.39 is 0 Å². The van der Waals surface area contributed by atoms with Crippen molar-refractivity contribution in [2.24, 2.45) is 0 Å². The average molecular weight is 301 g/mol. The second-order valence-electron chi connectivity index (χ2n) is 5.28. The number of thiophene rings is 1. The molecule has 1 aromatic heterocycles. The molecule has 1 N–H and O–H groups in total. The lowest BCUT2D eigenvalue weighted by Crippen LogP contribution is -2.37. The van der Waals surface area contributed by atoms with Gasteiger partial charge in [0.25, 0.3) is 0 Å². The molecule has 0 radical (unpaired) electrons. The Bertz CT molecular complexity index is 418. The van der Waals surface area contributed by atoms with Gasteiger partial charge in [-0.1, -0.05) is 11.6 Å². The average Bonchev–Trinajstić information content (AvgIpc) is 2.96. The van der Waals surface area contributed by atoms with Crippen LogP contribution < -0.4 is 5.32 Å². The van der Waals surface area contributed by atoms with Crippen LogP contribution in [0.25, 0.3) is 0 Å². The van der Waals surface area contributed by atoms with Gasteiger partial charge in [-0.15, -0.1) is 11.3 Å². The van der Waals surface area contributed by atoms with E-state index in [-0.39, 0.29) is 0 Å². The van der Waals surface area contributed by atoms with Crippen LogP contribution in [0.3, 0.4) is 0 Å². The standard InChI is InChI=1S/C14H21ClN2OS/c15-14-10-11-12(2-3-13(11)19-14)16-4-1-5-17-6-8-18-9-7-17/h10,12,16H,1-9H2. The molecule has 0 bridgehead atoms. The Kier molecular flexibility index (Phi) is 4.77. The summed E-state index contributed by atoms with van der Waals surface area (Å²) in [5.74, 6) is 0. The summed E-state index contributed by atoms with van der Waals surface area (Å²) in [6.45, 7) is 6.25. The molecule has 3 rings (SSSR count). The van der Waals surface area contributed by atoms with Gasteiger partial charge in [0, 0.05) is 24.0 Å². The van der Waals surface area contributed by atoms with Crippen LogP contribution in [0.4, 0.5) is 0 Å². The molecule has 1 aliphatic carbocycles. The second kappa shape index (κ2) is 6.55. The smallest absolute Gasteiger partial charge is 0.0934 e. The van der Waals surface area contributed by atoms with Gasteiger partial charge in [0.2, 0.25) is 0 Å². The number of rotatable bonds is 5. The summed E-state index contributed by atoms with van der Waals surface area (Å²) >= 11 is 7.82. The molecule has 19 heavy (non-hydrogen) atoms. The van der Waals surface area contributed by atoms with Crippen LogP contribution in [0.1, 0.15) is 29.3 Å². The molecule has 2 heterocycles. The Morgan fingerprint density at radius 3 is 3.11 bits per heavy atom. The van der Waals surface area contributed by atoms with Gasteiger partial charge in [-0.05, 0) is 44.0 Å². The number of ether oxygens (including phenoxy) is 1. The van der Waals surface area contributed by atoms with Crippen LogP contribution in [0, 0.1) is 0 Å². The minimum absolute atomic E-state index is 0.531. The maximum atomic E-state index is 6.08. The molecule has 2 aliphatic rings. The maximum absolute atomic E-state index is 6.08. The quantitative estimate of drug-likeness (QED) is 0.846. The molecular weight excluding hydrogens is 280 g/mol. The van der Waals surface area contributed by atoms with Gasteiger partial charge >= 0.3 is 0 Å². The largest absolute Gasteiger partial charge is 0.379 e. The van der Waals surface area contributed by atoms with Crippen molar-refractivity contribution < 1.29 is 4.74 Å². The molecule has 1 aliphatic heterocycles. The van der Waals surface area contributed by atoms with E-state index in [0.717, 1.165) is 37.2 Å². The molecule has 1 fully saturated rings. The highest BCUT2D eigenvalue weighted by Gasteiger charge is 2.24. The van der Waals surface area contributed by atoms with Gasteiger partial charge in [0.05, 0.1) is 17.6 Å². The van der Waals surface area contributed by atoms with E-state index in [1.165, 1.54) is 36.2 Å². The van der Waals surface area contributed by atoms with E-state index in [1.807, 2.05) is 0 Å². The molecular formula is C14H21ClN2OS. The lowest BCUT2D eigenvalue weighted by molar-refractivity contribution is 0.0374. The molecule has 5 heteroatoms. The highest BCUT2D eigenvalue weighted by atomic mass is 35.5. The van der Waals surface area contributed by atoms with E-state index in [1.54, 1.807) is 11.3 Å². The van der Waals surface area contributed by atoms with Crippen LogP contribution in [-0.2, 0) is 11.2 Å². The number of halogens is 1. The molecule has 0 amide bonds. The lowest BCUT2D eigenvalue weighted by Gasteiger charge is -2.26. The first-order valence-electron chi connectivity index (χ1n) is 7.14. The summed E-state index contributed by atoms with van der Waals surface area (Å²) in [6, 6.07) is 2.68. The topological polar surface area (TPSA) is 24.5 Å². The van der Waals surface area contributed by atoms with Gasteiger partial charge < -0.3 is 10.1 Å².